The van der Waals surface area contributed by atoms with Crippen molar-refractivity contribution < 1.29 is 45.0 Å². The van der Waals surface area contributed by atoms with Crippen LogP contribution in [-0.4, -0.2) is 68.4 Å². The molecule has 0 amide bonds. The first-order chi connectivity index (χ1) is 10.3. The fourth-order valence-corrected chi connectivity index (χ4v) is 0.331. The van der Waals surface area contributed by atoms with Crippen LogP contribution in [0.5, 0.6) is 0 Å². The summed E-state index contributed by atoms with van der Waals surface area (Å²) in [5.41, 5.74) is -1.29. The highest BCUT2D eigenvalue weighted by Crippen LogP contribution is 2.12. The fourth-order valence-electron chi connectivity index (χ4n) is 0.331. The minimum absolute atomic E-state index is 0.0451. The molecule has 0 aromatic rings. The van der Waals surface area contributed by atoms with Crippen molar-refractivity contribution in [3.63, 3.8) is 0 Å². The monoisotopic (exact) mass is 340 g/mol. The van der Waals surface area contributed by atoms with Crippen LogP contribution in [0.4, 0.5) is 0 Å². The Hall–Kier alpha value is -1.71. The number of hydrogen-bond acceptors (Lipinski definition) is 6. The maximum atomic E-state index is 10.1. The van der Waals surface area contributed by atoms with Crippen molar-refractivity contribution in [3.05, 3.63) is 0 Å². The van der Waals surface area contributed by atoms with E-state index in [2.05, 4.69) is 0 Å². The summed E-state index contributed by atoms with van der Waals surface area (Å²) >= 11 is 0. The van der Waals surface area contributed by atoms with Gasteiger partial charge in [0.05, 0.1) is 38.1 Å². The smallest absolute Gasteiger partial charge is 0.311 e. The molecule has 0 rings (SSSR count). The van der Waals surface area contributed by atoms with E-state index in [0.29, 0.717) is 0 Å². The Labute approximate surface area is 135 Å². The largest absolute Gasteiger partial charge is 0.481 e. The number of hydrogen-bond donors (Lipinski definition) is 6. The van der Waals surface area contributed by atoms with Gasteiger partial charge < -0.3 is 30.6 Å². The SMILES string of the molecule is CC(C)(CO)C(=O)O.CC(C)(CO)CO.O=C(O)CCC(=O)O. The van der Waals surface area contributed by atoms with Gasteiger partial charge in [-0.15, -0.1) is 0 Å². The molecular weight excluding hydrogens is 312 g/mol. The fraction of sp³-hybridized carbons (Fsp3) is 0.786. The van der Waals surface area contributed by atoms with Gasteiger partial charge in [-0.1, -0.05) is 13.8 Å². The topological polar surface area (TPSA) is 173 Å². The van der Waals surface area contributed by atoms with Crippen LogP contribution in [0.25, 0.3) is 0 Å². The Bertz CT molecular complexity index is 341. The van der Waals surface area contributed by atoms with E-state index in [4.69, 9.17) is 30.6 Å². The molecule has 0 aliphatic carbocycles. The van der Waals surface area contributed by atoms with Gasteiger partial charge in [-0.25, -0.2) is 0 Å². The maximum absolute atomic E-state index is 10.1. The third kappa shape index (κ3) is 20.3. The summed E-state index contributed by atoms with van der Waals surface area (Å²) in [5.74, 6) is -3.13. The predicted octanol–water partition coefficient (Wildman–Crippen LogP) is 0.0225. The lowest BCUT2D eigenvalue weighted by molar-refractivity contribution is -0.149. The Morgan fingerprint density at radius 1 is 0.696 bits per heavy atom. The highest BCUT2D eigenvalue weighted by Gasteiger charge is 2.25. The molecule has 0 spiro atoms. The number of aliphatic hydroxyl groups is 3. The molecule has 9 nitrogen and oxygen atoms in total. The van der Waals surface area contributed by atoms with Crippen molar-refractivity contribution in [3.8, 4) is 0 Å². The third-order valence-electron chi connectivity index (χ3n) is 2.38. The van der Waals surface area contributed by atoms with Crippen LogP contribution >= 0.6 is 0 Å². The van der Waals surface area contributed by atoms with Crippen molar-refractivity contribution in [1.82, 2.24) is 0 Å². The molecule has 6 N–H and O–H groups in total. The molecule has 9 heteroatoms. The van der Waals surface area contributed by atoms with Gasteiger partial charge in [-0.3, -0.25) is 14.4 Å². The summed E-state index contributed by atoms with van der Waals surface area (Å²) in [6, 6.07) is 0. The molecule has 138 valence electrons. The number of carbonyl (C=O) groups is 3. The summed E-state index contributed by atoms with van der Waals surface area (Å²) < 4.78 is 0. The van der Waals surface area contributed by atoms with Crippen LogP contribution in [0.15, 0.2) is 0 Å². The van der Waals surface area contributed by atoms with E-state index in [0.717, 1.165) is 0 Å². The van der Waals surface area contributed by atoms with Gasteiger partial charge in [0.1, 0.15) is 0 Å². The number of aliphatic hydroxyl groups excluding tert-OH is 3. The van der Waals surface area contributed by atoms with Gasteiger partial charge in [0.15, 0.2) is 0 Å². The molecule has 0 unspecified atom stereocenters. The lowest BCUT2D eigenvalue weighted by Gasteiger charge is -2.16. The van der Waals surface area contributed by atoms with E-state index in [1.165, 1.54) is 13.8 Å². The van der Waals surface area contributed by atoms with Crippen molar-refractivity contribution in [1.29, 1.82) is 0 Å². The first-order valence-corrected chi connectivity index (χ1v) is 6.75. The Balaban J connectivity index is -0.000000262. The molecule has 0 fully saturated rings. The van der Waals surface area contributed by atoms with Gasteiger partial charge in [0, 0.05) is 5.41 Å². The van der Waals surface area contributed by atoms with Gasteiger partial charge in [-0.2, -0.15) is 0 Å². The Morgan fingerprint density at radius 2 is 1.00 bits per heavy atom. The molecular formula is C14H28O9. The first-order valence-electron chi connectivity index (χ1n) is 6.75. The summed E-state index contributed by atoms with van der Waals surface area (Å²) in [6.07, 6.45) is -0.593. The zero-order valence-corrected chi connectivity index (χ0v) is 13.9. The number of carboxylic acids is 3. The van der Waals surface area contributed by atoms with Crippen LogP contribution in [0.1, 0.15) is 40.5 Å². The van der Waals surface area contributed by atoms with Crippen molar-refractivity contribution in [2.45, 2.75) is 40.5 Å². The van der Waals surface area contributed by atoms with Crippen molar-refractivity contribution in [2.24, 2.45) is 10.8 Å². The van der Waals surface area contributed by atoms with Crippen LogP contribution < -0.4 is 0 Å². The van der Waals surface area contributed by atoms with Gasteiger partial charge >= 0.3 is 17.9 Å². The lowest BCUT2D eigenvalue weighted by Crippen LogP contribution is -2.27. The minimum Gasteiger partial charge on any atom is -0.481 e. The molecule has 23 heavy (non-hydrogen) atoms. The summed E-state index contributed by atoms with van der Waals surface area (Å²) in [4.78, 5) is 29.4. The maximum Gasteiger partial charge on any atom is 0.311 e. The second-order valence-corrected chi connectivity index (χ2v) is 6.12. The van der Waals surface area contributed by atoms with Crippen LogP contribution in [0.3, 0.4) is 0 Å². The molecule has 0 aromatic heterocycles. The average molecular weight is 340 g/mol. The standard InChI is InChI=1S/C5H10O3.C5H12O2.C4H6O4/c1-5(2,3-6)4(7)8;1-5(2,3-6)4-7;5-3(6)1-2-4(7)8/h6H,3H2,1-2H3,(H,7,8);6-7H,3-4H2,1-2H3;1-2H2,(H,5,6)(H,7,8). The molecule has 0 saturated heterocycles. The molecule has 0 bridgehead atoms. The lowest BCUT2D eigenvalue weighted by atomic mass is 9.96. The minimum atomic E-state index is -1.08. The number of aliphatic carboxylic acids is 3. The second kappa shape index (κ2) is 12.8. The quantitative estimate of drug-likeness (QED) is 0.373. The Kier molecular flexibility index (Phi) is 14.6. The normalized spacial score (nSPS) is 10.6. The molecule has 0 aromatic carbocycles. The van der Waals surface area contributed by atoms with E-state index in [9.17, 15) is 14.4 Å². The number of carboxylic acid groups (broad SMARTS) is 3. The molecule has 0 radical (unpaired) electrons. The summed E-state index contributed by atoms with van der Waals surface area (Å²) in [5, 5.41) is 49.3. The van der Waals surface area contributed by atoms with Gasteiger partial charge in [0.2, 0.25) is 0 Å². The van der Waals surface area contributed by atoms with E-state index in [1.54, 1.807) is 13.8 Å². The van der Waals surface area contributed by atoms with Crippen LogP contribution in [0.2, 0.25) is 0 Å². The third-order valence-corrected chi connectivity index (χ3v) is 2.38. The number of rotatable bonds is 7. The highest BCUT2D eigenvalue weighted by atomic mass is 16.4. The highest BCUT2D eigenvalue weighted by molar-refractivity contribution is 5.75. The second-order valence-electron chi connectivity index (χ2n) is 6.12. The molecule has 0 aliphatic rings. The first kappa shape index (κ1) is 26.2. The van der Waals surface area contributed by atoms with E-state index in [-0.39, 0.29) is 38.1 Å². The zero-order valence-electron chi connectivity index (χ0n) is 13.9. The van der Waals surface area contributed by atoms with Gasteiger partial charge in [-0.05, 0) is 13.8 Å². The Morgan fingerprint density at radius 3 is 1.04 bits per heavy atom. The van der Waals surface area contributed by atoms with Crippen molar-refractivity contribution >= 4 is 17.9 Å². The average Bonchev–Trinajstić information content (AvgIpc) is 2.46. The summed E-state index contributed by atoms with van der Waals surface area (Å²) in [7, 11) is 0. The van der Waals surface area contributed by atoms with Crippen molar-refractivity contribution in [2.75, 3.05) is 19.8 Å². The zero-order chi connectivity index (χ0) is 19.3. The van der Waals surface area contributed by atoms with E-state index >= 15 is 0 Å². The van der Waals surface area contributed by atoms with E-state index < -0.39 is 23.3 Å². The molecule has 0 atom stereocenters. The molecule has 0 aliphatic heterocycles. The molecule has 0 saturated carbocycles. The molecule has 0 heterocycles. The van der Waals surface area contributed by atoms with Gasteiger partial charge in [0.25, 0.3) is 0 Å². The van der Waals surface area contributed by atoms with E-state index in [1.807, 2.05) is 0 Å². The predicted molar refractivity (Wildman–Crippen MR) is 81.0 cm³/mol. The van der Waals surface area contributed by atoms with Crippen LogP contribution in [-0.2, 0) is 14.4 Å². The van der Waals surface area contributed by atoms with Crippen LogP contribution in [0, 0.1) is 10.8 Å². The summed E-state index contributed by atoms with van der Waals surface area (Å²) in [6.45, 7) is 6.31.